The minimum absolute atomic E-state index is 0. The van der Waals surface area contributed by atoms with Crippen molar-refractivity contribution in [1.29, 1.82) is 0 Å². The van der Waals surface area contributed by atoms with Crippen LogP contribution in [0.3, 0.4) is 0 Å². The molecule has 23 heavy (non-hydrogen) atoms. The number of halogens is 1. The van der Waals surface area contributed by atoms with Crippen LogP contribution in [0.25, 0.3) is 0 Å². The van der Waals surface area contributed by atoms with Crippen LogP contribution >= 0.6 is 12.4 Å². The number of hydrogen-bond donors (Lipinski definition) is 3. The Labute approximate surface area is 142 Å². The van der Waals surface area contributed by atoms with E-state index in [2.05, 4.69) is 15.4 Å². The van der Waals surface area contributed by atoms with Crippen molar-refractivity contribution < 1.29 is 17.9 Å². The zero-order valence-corrected chi connectivity index (χ0v) is 14.7. The molecule has 130 valence electrons. The van der Waals surface area contributed by atoms with Crippen molar-refractivity contribution in [2.45, 2.75) is 18.4 Å². The van der Waals surface area contributed by atoms with E-state index >= 15 is 0 Å². The summed E-state index contributed by atoms with van der Waals surface area (Å²) in [5.41, 5.74) is 0.0802. The normalized spacial score (nSPS) is 17.0. The second-order valence-electron chi connectivity index (χ2n) is 5.36. The molecule has 3 N–H and O–H groups in total. The molecule has 7 nitrogen and oxygen atoms in total. The molecule has 0 bridgehead atoms. The smallest absolute Gasteiger partial charge is 0.256 e. The standard InChI is InChI=1S/C14H21N3O4S.ClH/c1-21-14(6-8-15-9-7-14)13(18)16-11-4-3-5-12(10-11)17-22(2,19)20;/h3-5,10,15,17H,6-9H2,1-2H3,(H,16,18);1H. The molecule has 0 atom stereocenters. The van der Waals surface area contributed by atoms with Crippen molar-refractivity contribution in [1.82, 2.24) is 5.32 Å². The van der Waals surface area contributed by atoms with Gasteiger partial charge in [-0.2, -0.15) is 0 Å². The number of rotatable bonds is 5. The van der Waals surface area contributed by atoms with Gasteiger partial charge in [0.2, 0.25) is 10.0 Å². The summed E-state index contributed by atoms with van der Waals surface area (Å²) in [6.07, 6.45) is 2.26. The van der Waals surface area contributed by atoms with E-state index in [1.54, 1.807) is 24.3 Å². The molecule has 1 aromatic carbocycles. The molecule has 9 heteroatoms. The van der Waals surface area contributed by atoms with Crippen molar-refractivity contribution in [2.24, 2.45) is 0 Å². The Balaban J connectivity index is 0.00000264. The van der Waals surface area contributed by atoms with Crippen LogP contribution < -0.4 is 15.4 Å². The summed E-state index contributed by atoms with van der Waals surface area (Å²) in [4.78, 5) is 12.5. The highest BCUT2D eigenvalue weighted by Crippen LogP contribution is 2.25. The minimum atomic E-state index is -3.36. The first-order chi connectivity index (χ1) is 10.3. The van der Waals surface area contributed by atoms with Gasteiger partial charge in [0.15, 0.2) is 0 Å². The van der Waals surface area contributed by atoms with Crippen LogP contribution in [0.1, 0.15) is 12.8 Å². The number of amides is 1. The number of methoxy groups -OCH3 is 1. The number of anilines is 2. The molecule has 0 saturated carbocycles. The predicted octanol–water partition coefficient (Wildman–Crippen LogP) is 1.19. The Morgan fingerprint density at radius 2 is 1.87 bits per heavy atom. The summed E-state index contributed by atoms with van der Waals surface area (Å²) in [7, 11) is -1.82. The number of benzene rings is 1. The number of carbonyl (C=O) groups excluding carboxylic acids is 1. The Morgan fingerprint density at radius 3 is 2.43 bits per heavy atom. The molecular weight excluding hydrogens is 342 g/mol. The lowest BCUT2D eigenvalue weighted by Gasteiger charge is -2.34. The number of piperidine rings is 1. The molecule has 1 fully saturated rings. The van der Waals surface area contributed by atoms with Gasteiger partial charge in [-0.15, -0.1) is 12.4 Å². The van der Waals surface area contributed by atoms with Gasteiger partial charge in [0.25, 0.3) is 5.91 Å². The lowest BCUT2D eigenvalue weighted by molar-refractivity contribution is -0.140. The van der Waals surface area contributed by atoms with Gasteiger partial charge in [0.05, 0.1) is 11.9 Å². The van der Waals surface area contributed by atoms with E-state index in [-0.39, 0.29) is 18.3 Å². The van der Waals surface area contributed by atoms with Crippen LogP contribution in [-0.2, 0) is 19.6 Å². The summed E-state index contributed by atoms with van der Waals surface area (Å²) < 4.78 is 30.3. The summed E-state index contributed by atoms with van der Waals surface area (Å²) >= 11 is 0. The molecular formula is C14H22ClN3O4S. The highest BCUT2D eigenvalue weighted by Gasteiger charge is 2.39. The molecule has 2 rings (SSSR count). The van der Waals surface area contributed by atoms with E-state index in [9.17, 15) is 13.2 Å². The van der Waals surface area contributed by atoms with E-state index in [0.717, 1.165) is 19.3 Å². The summed E-state index contributed by atoms with van der Waals surface area (Å²) in [6.45, 7) is 1.44. The van der Waals surface area contributed by atoms with Crippen molar-refractivity contribution in [3.8, 4) is 0 Å². The molecule has 0 radical (unpaired) electrons. The number of hydrogen-bond acceptors (Lipinski definition) is 5. The highest BCUT2D eigenvalue weighted by atomic mass is 35.5. The van der Waals surface area contributed by atoms with Gasteiger partial charge in [-0.1, -0.05) is 6.07 Å². The van der Waals surface area contributed by atoms with Crippen molar-refractivity contribution in [3.05, 3.63) is 24.3 Å². The van der Waals surface area contributed by atoms with Crippen LogP contribution in [-0.4, -0.2) is 46.4 Å². The fraction of sp³-hybridized carbons (Fsp3) is 0.500. The molecule has 1 aliphatic rings. The van der Waals surface area contributed by atoms with Crippen LogP contribution in [0, 0.1) is 0 Å². The summed E-state index contributed by atoms with van der Waals surface area (Å²) in [6, 6.07) is 6.57. The Hall–Kier alpha value is -1.35. The SMILES string of the molecule is COC1(C(=O)Nc2cccc(NS(C)(=O)=O)c2)CCNCC1.Cl. The molecule has 1 amide bonds. The third-order valence-corrected chi connectivity index (χ3v) is 4.25. The number of sulfonamides is 1. The molecule has 0 spiro atoms. The molecule has 1 aliphatic heterocycles. The quantitative estimate of drug-likeness (QED) is 0.730. The third-order valence-electron chi connectivity index (χ3n) is 3.64. The fourth-order valence-corrected chi connectivity index (χ4v) is 3.03. The van der Waals surface area contributed by atoms with Crippen LogP contribution in [0.15, 0.2) is 24.3 Å². The molecule has 1 aromatic rings. The molecule has 1 heterocycles. The number of carbonyl (C=O) groups is 1. The third kappa shape index (κ3) is 5.35. The first-order valence-electron chi connectivity index (χ1n) is 7.00. The lowest BCUT2D eigenvalue weighted by Crippen LogP contribution is -2.51. The summed E-state index contributed by atoms with van der Waals surface area (Å²) in [5, 5.41) is 5.99. The van der Waals surface area contributed by atoms with Crippen molar-refractivity contribution in [3.63, 3.8) is 0 Å². The fourth-order valence-electron chi connectivity index (χ4n) is 2.47. The molecule has 0 unspecified atom stereocenters. The van der Waals surface area contributed by atoms with Gasteiger partial charge in [0, 0.05) is 12.8 Å². The van der Waals surface area contributed by atoms with Gasteiger partial charge in [-0.3, -0.25) is 9.52 Å². The first kappa shape index (κ1) is 19.7. The first-order valence-corrected chi connectivity index (χ1v) is 8.89. The number of ether oxygens (including phenoxy) is 1. The van der Waals surface area contributed by atoms with Gasteiger partial charge < -0.3 is 15.4 Å². The maximum Gasteiger partial charge on any atom is 0.256 e. The van der Waals surface area contributed by atoms with E-state index < -0.39 is 15.6 Å². The van der Waals surface area contributed by atoms with E-state index in [1.807, 2.05) is 0 Å². The Morgan fingerprint density at radius 1 is 1.26 bits per heavy atom. The maximum atomic E-state index is 12.5. The second-order valence-corrected chi connectivity index (χ2v) is 7.11. The average Bonchev–Trinajstić information content (AvgIpc) is 2.46. The average molecular weight is 364 g/mol. The second kappa shape index (κ2) is 7.96. The largest absolute Gasteiger partial charge is 0.368 e. The van der Waals surface area contributed by atoms with E-state index in [4.69, 9.17) is 4.74 Å². The van der Waals surface area contributed by atoms with Crippen LogP contribution in [0.5, 0.6) is 0 Å². The van der Waals surface area contributed by atoms with E-state index in [1.165, 1.54) is 7.11 Å². The molecule has 1 saturated heterocycles. The molecule has 0 aliphatic carbocycles. The topological polar surface area (TPSA) is 96.5 Å². The Kier molecular flexibility index (Phi) is 6.82. The van der Waals surface area contributed by atoms with E-state index in [0.29, 0.717) is 24.2 Å². The Bertz CT molecular complexity index is 645. The zero-order chi connectivity index (χ0) is 16.2. The van der Waals surface area contributed by atoms with Gasteiger partial charge in [-0.05, 0) is 44.1 Å². The highest BCUT2D eigenvalue weighted by molar-refractivity contribution is 7.92. The lowest BCUT2D eigenvalue weighted by atomic mass is 9.91. The zero-order valence-electron chi connectivity index (χ0n) is 13.1. The van der Waals surface area contributed by atoms with Gasteiger partial charge in [0.1, 0.15) is 5.60 Å². The van der Waals surface area contributed by atoms with Crippen molar-refractivity contribution in [2.75, 3.05) is 36.5 Å². The maximum absolute atomic E-state index is 12.5. The van der Waals surface area contributed by atoms with Gasteiger partial charge in [-0.25, -0.2) is 8.42 Å². The number of nitrogens with one attached hydrogen (secondary N) is 3. The predicted molar refractivity (Wildman–Crippen MR) is 92.6 cm³/mol. The molecule has 0 aromatic heterocycles. The minimum Gasteiger partial charge on any atom is -0.368 e. The summed E-state index contributed by atoms with van der Waals surface area (Å²) in [5.74, 6) is -0.215. The van der Waals surface area contributed by atoms with Gasteiger partial charge >= 0.3 is 0 Å². The van der Waals surface area contributed by atoms with Crippen molar-refractivity contribution >= 4 is 39.7 Å². The van der Waals surface area contributed by atoms with Crippen LogP contribution in [0.4, 0.5) is 11.4 Å². The monoisotopic (exact) mass is 363 g/mol. The van der Waals surface area contributed by atoms with Crippen LogP contribution in [0.2, 0.25) is 0 Å².